The van der Waals surface area contributed by atoms with Crippen LogP contribution in [0.15, 0.2) is 24.3 Å². The van der Waals surface area contributed by atoms with E-state index in [1.165, 1.54) is 23.1 Å². The Kier molecular flexibility index (Phi) is 6.58. The molecule has 174 valence electrons. The molecule has 33 heavy (non-hydrogen) atoms. The van der Waals surface area contributed by atoms with Gasteiger partial charge in [0.05, 0.1) is 6.07 Å². The maximum Gasteiger partial charge on any atom is 0.387 e. The predicted octanol–water partition coefficient (Wildman–Crippen LogP) is 3.14. The molecule has 2 amide bonds. The Morgan fingerprint density at radius 1 is 1.30 bits per heavy atom. The molecule has 3 atom stereocenters. The van der Waals surface area contributed by atoms with E-state index >= 15 is 0 Å². The second kappa shape index (κ2) is 9.57. The van der Waals surface area contributed by atoms with Crippen molar-refractivity contribution in [2.24, 2.45) is 5.92 Å². The number of hydrogen-bond donors (Lipinski definition) is 2. The average Bonchev–Trinajstić information content (AvgIpc) is 3.52. The number of carbonyl (C=O) groups excluding carboxylic acids is 3. The van der Waals surface area contributed by atoms with Gasteiger partial charge < -0.3 is 19.9 Å². The Labute approximate surface area is 188 Å². The van der Waals surface area contributed by atoms with Crippen LogP contribution in [0.25, 0.3) is 10.9 Å². The number of alkyl halides is 2. The highest BCUT2D eigenvalue weighted by Crippen LogP contribution is 2.30. The van der Waals surface area contributed by atoms with Gasteiger partial charge in [-0.05, 0) is 50.3 Å². The van der Waals surface area contributed by atoms with Crippen molar-refractivity contribution >= 4 is 28.5 Å². The molecular formula is C23H24F2N4O4. The fourth-order valence-electron chi connectivity index (χ4n) is 4.71. The quantitative estimate of drug-likeness (QED) is 0.662. The molecule has 1 aliphatic heterocycles. The summed E-state index contributed by atoms with van der Waals surface area (Å²) in [6.45, 7) is -2.64. The van der Waals surface area contributed by atoms with Crippen LogP contribution in [0.1, 0.15) is 49.0 Å². The summed E-state index contributed by atoms with van der Waals surface area (Å²) in [6, 6.07) is 6.50. The lowest BCUT2D eigenvalue weighted by atomic mass is 9.98. The molecule has 1 aliphatic carbocycles. The molecule has 0 radical (unpaired) electrons. The average molecular weight is 458 g/mol. The van der Waals surface area contributed by atoms with Gasteiger partial charge >= 0.3 is 6.61 Å². The SMILES string of the molecule is N#C[C@H](CC1CCCC1=O)NC(=O)[C@@H]1CCCN1C(=O)c1cc2c(OC(F)F)cccc2[nH]1. The van der Waals surface area contributed by atoms with Crippen LogP contribution in [-0.2, 0) is 9.59 Å². The number of Topliss-reactive ketones (excluding diaryl/α,β-unsaturated/α-hetero) is 1. The summed E-state index contributed by atoms with van der Waals surface area (Å²) in [5.74, 6) is -1.02. The zero-order valence-corrected chi connectivity index (χ0v) is 17.9. The number of hydrogen-bond acceptors (Lipinski definition) is 5. The summed E-state index contributed by atoms with van der Waals surface area (Å²) in [5.41, 5.74) is 0.617. The maximum absolute atomic E-state index is 13.2. The first kappa shape index (κ1) is 22.7. The van der Waals surface area contributed by atoms with E-state index in [-0.39, 0.29) is 29.6 Å². The lowest BCUT2D eigenvalue weighted by Crippen LogP contribution is -2.49. The molecule has 2 aliphatic rings. The zero-order chi connectivity index (χ0) is 23.5. The van der Waals surface area contributed by atoms with Crippen molar-refractivity contribution in [1.29, 1.82) is 5.26 Å². The van der Waals surface area contributed by atoms with E-state index in [9.17, 15) is 28.4 Å². The number of nitrogens with one attached hydrogen (secondary N) is 2. The summed E-state index contributed by atoms with van der Waals surface area (Å²) >= 11 is 0. The Morgan fingerprint density at radius 2 is 2.12 bits per heavy atom. The largest absolute Gasteiger partial charge is 0.434 e. The Hall–Kier alpha value is -3.48. The molecule has 0 bridgehead atoms. The molecule has 8 nitrogen and oxygen atoms in total. The van der Waals surface area contributed by atoms with E-state index in [0.717, 1.165) is 12.8 Å². The molecule has 4 rings (SSSR count). The van der Waals surface area contributed by atoms with Gasteiger partial charge in [0.2, 0.25) is 5.91 Å². The van der Waals surface area contributed by atoms with Crippen molar-refractivity contribution in [1.82, 2.24) is 15.2 Å². The third-order valence-electron chi connectivity index (χ3n) is 6.31. The van der Waals surface area contributed by atoms with Crippen LogP contribution in [-0.4, -0.2) is 52.7 Å². The van der Waals surface area contributed by atoms with Gasteiger partial charge in [-0.3, -0.25) is 14.4 Å². The van der Waals surface area contributed by atoms with Crippen LogP contribution in [0.4, 0.5) is 8.78 Å². The van der Waals surface area contributed by atoms with E-state index in [4.69, 9.17) is 0 Å². The minimum Gasteiger partial charge on any atom is -0.434 e. The molecule has 1 aromatic carbocycles. The number of amides is 2. The predicted molar refractivity (Wildman–Crippen MR) is 113 cm³/mol. The van der Waals surface area contributed by atoms with E-state index < -0.39 is 30.5 Å². The molecule has 2 N–H and O–H groups in total. The molecule has 2 heterocycles. The van der Waals surface area contributed by atoms with Crippen molar-refractivity contribution < 1.29 is 27.9 Å². The van der Waals surface area contributed by atoms with Crippen LogP contribution in [0.2, 0.25) is 0 Å². The van der Waals surface area contributed by atoms with E-state index in [2.05, 4.69) is 21.1 Å². The Balaban J connectivity index is 1.47. The van der Waals surface area contributed by atoms with Crippen molar-refractivity contribution in [2.45, 2.75) is 57.2 Å². The van der Waals surface area contributed by atoms with Gasteiger partial charge in [0.1, 0.15) is 29.3 Å². The number of likely N-dealkylation sites (tertiary alicyclic amines) is 1. The van der Waals surface area contributed by atoms with Gasteiger partial charge in [-0.25, -0.2) is 0 Å². The van der Waals surface area contributed by atoms with Gasteiger partial charge in [-0.2, -0.15) is 14.0 Å². The minimum absolute atomic E-state index is 0.0492. The van der Waals surface area contributed by atoms with Gasteiger partial charge in [-0.15, -0.1) is 0 Å². The molecule has 2 aromatic rings. The summed E-state index contributed by atoms with van der Waals surface area (Å²) < 4.78 is 29.9. The molecule has 0 spiro atoms. The lowest BCUT2D eigenvalue weighted by molar-refractivity contribution is -0.126. The number of carbonyl (C=O) groups is 3. The highest BCUT2D eigenvalue weighted by molar-refractivity contribution is 6.01. The number of fused-ring (bicyclic) bond motifs is 1. The standard InChI is InChI=1S/C23H24F2N4O4/c24-23(25)33-20-8-2-5-16-15(20)11-17(28-16)22(32)29-9-3-6-18(29)21(31)27-14(12-26)10-13-4-1-7-19(13)30/h2,5,8,11,13-14,18,23,28H,1,3-4,6-7,9-10H2,(H,27,31)/t13?,14-,18-/m0/s1. The topological polar surface area (TPSA) is 115 Å². The second-order valence-electron chi connectivity index (χ2n) is 8.42. The number of ketones is 1. The van der Waals surface area contributed by atoms with Crippen LogP contribution >= 0.6 is 0 Å². The van der Waals surface area contributed by atoms with Crippen molar-refractivity contribution in [3.63, 3.8) is 0 Å². The highest BCUT2D eigenvalue weighted by atomic mass is 19.3. The smallest absolute Gasteiger partial charge is 0.387 e. The summed E-state index contributed by atoms with van der Waals surface area (Å²) in [6.07, 6.45) is 3.36. The molecular weight excluding hydrogens is 434 g/mol. The number of H-pyrrole nitrogens is 1. The number of rotatable bonds is 7. The molecule has 1 aromatic heterocycles. The number of ether oxygens (including phenoxy) is 1. The maximum atomic E-state index is 13.2. The molecule has 10 heteroatoms. The highest BCUT2D eigenvalue weighted by Gasteiger charge is 2.37. The third-order valence-corrected chi connectivity index (χ3v) is 6.31. The molecule has 1 saturated carbocycles. The van der Waals surface area contributed by atoms with E-state index in [0.29, 0.717) is 36.7 Å². The fraction of sp³-hybridized carbons (Fsp3) is 0.478. The normalized spacial score (nSPS) is 21.4. The van der Waals surface area contributed by atoms with E-state index in [1.54, 1.807) is 6.07 Å². The van der Waals surface area contributed by atoms with E-state index in [1.807, 2.05) is 0 Å². The number of aromatic nitrogens is 1. The first-order valence-corrected chi connectivity index (χ1v) is 11.0. The Bertz CT molecular complexity index is 1110. The number of benzene rings is 1. The summed E-state index contributed by atoms with van der Waals surface area (Å²) in [7, 11) is 0. The van der Waals surface area contributed by atoms with Gasteiger partial charge in [-0.1, -0.05) is 6.07 Å². The van der Waals surface area contributed by atoms with Gasteiger partial charge in [0.25, 0.3) is 5.91 Å². The van der Waals surface area contributed by atoms with Gasteiger partial charge in [0.15, 0.2) is 0 Å². The van der Waals surface area contributed by atoms with Crippen LogP contribution in [0, 0.1) is 17.2 Å². The number of nitriles is 1. The number of nitrogens with zero attached hydrogens (tertiary/aromatic N) is 2. The zero-order valence-electron chi connectivity index (χ0n) is 17.9. The fourth-order valence-corrected chi connectivity index (χ4v) is 4.71. The first-order valence-electron chi connectivity index (χ1n) is 11.0. The van der Waals surface area contributed by atoms with Gasteiger partial charge in [0, 0.05) is 29.8 Å². The lowest BCUT2D eigenvalue weighted by Gasteiger charge is -2.25. The van der Waals surface area contributed by atoms with Crippen LogP contribution in [0.3, 0.4) is 0 Å². The van der Waals surface area contributed by atoms with Crippen molar-refractivity contribution in [2.75, 3.05) is 6.54 Å². The number of halogens is 2. The first-order chi connectivity index (χ1) is 15.9. The third kappa shape index (κ3) is 4.82. The summed E-state index contributed by atoms with van der Waals surface area (Å²) in [4.78, 5) is 42.3. The molecule has 1 unspecified atom stereocenters. The van der Waals surface area contributed by atoms with Crippen LogP contribution in [0.5, 0.6) is 5.75 Å². The molecule has 2 fully saturated rings. The summed E-state index contributed by atoms with van der Waals surface area (Å²) in [5, 5.41) is 12.5. The number of aromatic amines is 1. The minimum atomic E-state index is -3.00. The Morgan fingerprint density at radius 3 is 2.82 bits per heavy atom. The molecule has 1 saturated heterocycles. The van der Waals surface area contributed by atoms with Crippen LogP contribution < -0.4 is 10.1 Å². The second-order valence-corrected chi connectivity index (χ2v) is 8.42. The van der Waals surface area contributed by atoms with Crippen molar-refractivity contribution in [3.8, 4) is 11.8 Å². The van der Waals surface area contributed by atoms with Crippen molar-refractivity contribution in [3.05, 3.63) is 30.0 Å². The monoisotopic (exact) mass is 458 g/mol.